The van der Waals surface area contributed by atoms with E-state index in [0.717, 1.165) is 89.9 Å². The van der Waals surface area contributed by atoms with Crippen LogP contribution < -0.4 is 0 Å². The Morgan fingerprint density at radius 3 is 0.909 bits per heavy atom. The van der Waals surface area contributed by atoms with Crippen molar-refractivity contribution in [3.63, 3.8) is 0 Å². The smallest absolute Gasteiger partial charge is 0.462 e. The number of esters is 4. The second kappa shape index (κ2) is 53.4. The van der Waals surface area contributed by atoms with Crippen LogP contribution in [-0.2, 0) is 65.4 Å². The number of rotatable bonds is 59. The van der Waals surface area contributed by atoms with Crippen molar-refractivity contribution in [1.82, 2.24) is 0 Å². The van der Waals surface area contributed by atoms with Gasteiger partial charge in [0.25, 0.3) is 0 Å². The average molecular weight is 1140 g/mol. The van der Waals surface area contributed by atoms with Gasteiger partial charge in [-0.05, 0) is 19.3 Å². The molecule has 456 valence electrons. The summed E-state index contributed by atoms with van der Waals surface area (Å²) in [5.41, 5.74) is 0. The molecule has 0 spiro atoms. The minimum absolute atomic E-state index is 0.0572. The predicted octanol–water partition coefficient (Wildman–Crippen LogP) is 15.2. The zero-order valence-electron chi connectivity index (χ0n) is 48.3. The van der Waals surface area contributed by atoms with Gasteiger partial charge in [-0.3, -0.25) is 37.3 Å². The minimum atomic E-state index is -4.94. The van der Waals surface area contributed by atoms with Crippen LogP contribution in [0.3, 0.4) is 0 Å². The Kier molecular flexibility index (Phi) is 52.0. The SMILES string of the molecule is [CH2-]CCCCCCCCCC(=O)OC[C@H](COP(=O)(O)OC[C@@H](O)COP(=O)(O)OC[C@@H](COC(=O)CCCCCCCCCCCCCCC)OC(=O)CC[CH2-])OC(=O)CCCCCCCCCCCCCCCCC. The van der Waals surface area contributed by atoms with Crippen molar-refractivity contribution in [2.75, 3.05) is 39.6 Å². The molecule has 0 saturated carbocycles. The van der Waals surface area contributed by atoms with Gasteiger partial charge < -0.3 is 47.7 Å². The summed E-state index contributed by atoms with van der Waals surface area (Å²) in [6.45, 7) is 7.88. The highest BCUT2D eigenvalue weighted by Gasteiger charge is 2.30. The third kappa shape index (κ3) is 53.2. The summed E-state index contributed by atoms with van der Waals surface area (Å²) in [6, 6.07) is 0. The molecule has 0 aliphatic heterocycles. The van der Waals surface area contributed by atoms with Gasteiger partial charge in [0.1, 0.15) is 19.3 Å². The molecule has 0 amide bonds. The molecule has 0 aliphatic rings. The van der Waals surface area contributed by atoms with E-state index in [9.17, 15) is 43.2 Å². The Labute approximate surface area is 467 Å². The molecule has 17 nitrogen and oxygen atoms in total. The lowest BCUT2D eigenvalue weighted by Gasteiger charge is -2.21. The number of ether oxygens (including phenoxy) is 4. The molecule has 0 radical (unpaired) electrons. The zero-order chi connectivity index (χ0) is 56.9. The van der Waals surface area contributed by atoms with Crippen molar-refractivity contribution in [3.05, 3.63) is 13.8 Å². The summed E-state index contributed by atoms with van der Waals surface area (Å²) in [5.74, 6) is -2.29. The number of phosphoric ester groups is 2. The van der Waals surface area contributed by atoms with Crippen LogP contribution in [0.2, 0.25) is 0 Å². The van der Waals surface area contributed by atoms with Crippen LogP contribution in [0.1, 0.15) is 277 Å². The van der Waals surface area contributed by atoms with Gasteiger partial charge in [-0.2, -0.15) is 12.8 Å². The van der Waals surface area contributed by atoms with Gasteiger partial charge in [0.05, 0.1) is 26.4 Å². The standard InChI is InChI=1S/C58H110O17P2/c1-5-9-12-15-18-21-23-25-26-28-30-32-35-38-41-45-58(63)75-54(49-69-56(61)43-39-36-33-20-17-14-11-7-3)51-73-77(66,67)71-47-52(59)46-70-76(64,65)72-50-53(74-57(62)42-8-4)48-68-55(60)44-40-37-34-31-29-27-24-22-19-16-13-10-6-2/h52-54,59H,3-51H2,1-2H3,(H,64,65)(H,66,67)/q-2/t52-,53+,54+/m0/s1. The first-order valence-corrected chi connectivity index (χ1v) is 33.4. The number of aliphatic hydroxyl groups excluding tert-OH is 1. The van der Waals surface area contributed by atoms with Crippen LogP contribution >= 0.6 is 15.6 Å². The first-order chi connectivity index (χ1) is 37.2. The van der Waals surface area contributed by atoms with E-state index in [-0.39, 0.29) is 32.1 Å². The predicted molar refractivity (Wildman–Crippen MR) is 303 cm³/mol. The molecule has 19 heteroatoms. The molecule has 0 fully saturated rings. The maximum Gasteiger partial charge on any atom is 0.472 e. The summed E-state index contributed by atoms with van der Waals surface area (Å²) >= 11 is 0. The monoisotopic (exact) mass is 1140 g/mol. The van der Waals surface area contributed by atoms with E-state index in [1.54, 1.807) is 0 Å². The van der Waals surface area contributed by atoms with E-state index in [0.29, 0.717) is 19.3 Å². The maximum atomic E-state index is 12.9. The molecule has 0 aromatic heterocycles. The molecule has 0 aliphatic carbocycles. The molecule has 0 aromatic rings. The first kappa shape index (κ1) is 75.1. The Morgan fingerprint density at radius 1 is 0.351 bits per heavy atom. The van der Waals surface area contributed by atoms with Gasteiger partial charge in [0, 0.05) is 25.7 Å². The van der Waals surface area contributed by atoms with Gasteiger partial charge in [0.2, 0.25) is 0 Å². The number of aliphatic hydroxyl groups is 1. The normalized spacial score (nSPS) is 14.3. The fourth-order valence-electron chi connectivity index (χ4n) is 8.48. The van der Waals surface area contributed by atoms with E-state index >= 15 is 0 Å². The van der Waals surface area contributed by atoms with Crippen LogP contribution in [0.4, 0.5) is 0 Å². The largest absolute Gasteiger partial charge is 0.472 e. The number of carbonyl (C=O) groups excluding carboxylic acids is 4. The Balaban J connectivity index is 4.92. The summed E-state index contributed by atoms with van der Waals surface area (Å²) in [5, 5.41) is 10.4. The van der Waals surface area contributed by atoms with E-state index in [2.05, 4.69) is 27.7 Å². The molecule has 0 heterocycles. The topological polar surface area (TPSA) is 237 Å². The fraction of sp³-hybridized carbons (Fsp3) is 0.897. The molecule has 2 unspecified atom stereocenters. The molecule has 5 atom stereocenters. The zero-order valence-corrected chi connectivity index (χ0v) is 50.1. The summed E-state index contributed by atoms with van der Waals surface area (Å²) < 4.78 is 66.8. The highest BCUT2D eigenvalue weighted by atomic mass is 31.2. The van der Waals surface area contributed by atoms with Crippen molar-refractivity contribution in [1.29, 1.82) is 0 Å². The minimum Gasteiger partial charge on any atom is -0.462 e. The quantitative estimate of drug-likeness (QED) is 0.0169. The highest BCUT2D eigenvalue weighted by molar-refractivity contribution is 7.47. The fourth-order valence-corrected chi connectivity index (χ4v) is 10.1. The lowest BCUT2D eigenvalue weighted by molar-refractivity contribution is -0.161. The second-order valence-corrected chi connectivity index (χ2v) is 23.6. The Hall–Kier alpha value is -1.94. The van der Waals surface area contributed by atoms with Crippen molar-refractivity contribution in [2.24, 2.45) is 0 Å². The van der Waals surface area contributed by atoms with E-state index in [4.69, 9.17) is 37.0 Å². The lowest BCUT2D eigenvalue weighted by Crippen LogP contribution is -2.30. The number of carbonyl (C=O) groups is 4. The first-order valence-electron chi connectivity index (χ1n) is 30.4. The second-order valence-electron chi connectivity index (χ2n) is 20.7. The molecule has 0 rings (SSSR count). The van der Waals surface area contributed by atoms with Gasteiger partial charge in [-0.25, -0.2) is 9.13 Å². The molecule has 0 bridgehead atoms. The van der Waals surface area contributed by atoms with Crippen molar-refractivity contribution in [2.45, 2.75) is 295 Å². The highest BCUT2D eigenvalue weighted by Crippen LogP contribution is 2.45. The van der Waals surface area contributed by atoms with Gasteiger partial charge in [0.15, 0.2) is 12.2 Å². The lowest BCUT2D eigenvalue weighted by atomic mass is 10.0. The van der Waals surface area contributed by atoms with Crippen LogP contribution in [0.15, 0.2) is 0 Å². The van der Waals surface area contributed by atoms with Gasteiger partial charge in [-0.1, -0.05) is 219 Å². The molecular weight excluding hydrogens is 1030 g/mol. The third-order valence-electron chi connectivity index (χ3n) is 13.1. The summed E-state index contributed by atoms with van der Waals surface area (Å²) in [7, 11) is -9.86. The molecule has 3 N–H and O–H groups in total. The van der Waals surface area contributed by atoms with E-state index < -0.39 is 97.5 Å². The average Bonchev–Trinajstić information content (AvgIpc) is 3.40. The third-order valence-corrected chi connectivity index (χ3v) is 15.0. The molecule has 77 heavy (non-hydrogen) atoms. The maximum absolute atomic E-state index is 12.9. The van der Waals surface area contributed by atoms with Crippen LogP contribution in [0, 0.1) is 13.8 Å². The van der Waals surface area contributed by atoms with Crippen LogP contribution in [0.25, 0.3) is 0 Å². The van der Waals surface area contributed by atoms with Crippen LogP contribution in [-0.4, -0.2) is 96.7 Å². The Morgan fingerprint density at radius 2 is 0.610 bits per heavy atom. The number of hydrogen-bond acceptors (Lipinski definition) is 15. The molecule has 0 aromatic carbocycles. The van der Waals surface area contributed by atoms with Crippen molar-refractivity contribution < 1.29 is 80.2 Å². The van der Waals surface area contributed by atoms with Crippen molar-refractivity contribution in [3.8, 4) is 0 Å². The number of phosphoric acid groups is 2. The number of hydrogen-bond donors (Lipinski definition) is 3. The van der Waals surface area contributed by atoms with Crippen molar-refractivity contribution >= 4 is 39.5 Å². The van der Waals surface area contributed by atoms with E-state index in [1.807, 2.05) is 0 Å². The Bertz CT molecular complexity index is 1500. The molecular formula is C58H110O17P2-2. The number of unbranched alkanes of at least 4 members (excludes halogenated alkanes) is 33. The summed E-state index contributed by atoms with van der Waals surface area (Å²) in [4.78, 5) is 70.9. The van der Waals surface area contributed by atoms with E-state index in [1.165, 1.54) is 122 Å². The van der Waals surface area contributed by atoms with Gasteiger partial charge >= 0.3 is 39.5 Å². The van der Waals surface area contributed by atoms with Crippen LogP contribution in [0.5, 0.6) is 0 Å². The summed E-state index contributed by atoms with van der Waals surface area (Å²) in [6.07, 6.45) is 36.9. The van der Waals surface area contributed by atoms with Gasteiger partial charge in [-0.15, -0.1) is 0 Å². The molecule has 0 saturated heterocycles.